The molecule has 0 aromatic heterocycles. The number of hydrogen-bond acceptors (Lipinski definition) is 2. The third-order valence-electron chi connectivity index (χ3n) is 2.56. The topological polar surface area (TPSA) is 63.3 Å². The monoisotopic (exact) mass is 211 g/mol. The fraction of sp³-hybridized carbons (Fsp3) is 0.875. The number of hydrogen-bond donors (Lipinski definition) is 2. The Balaban J connectivity index is 2.68. The van der Waals surface area contributed by atoms with Gasteiger partial charge in [0.25, 0.3) is 0 Å². The predicted molar refractivity (Wildman–Crippen MR) is 42.5 cm³/mol. The zero-order valence-corrected chi connectivity index (χ0v) is 7.42. The van der Waals surface area contributed by atoms with Crippen molar-refractivity contribution in [3.8, 4) is 0 Å². The number of carbonyl (C=O) groups is 1. The van der Waals surface area contributed by atoms with E-state index in [4.69, 9.17) is 10.8 Å². The van der Waals surface area contributed by atoms with Gasteiger partial charge in [-0.2, -0.15) is 13.2 Å². The third kappa shape index (κ3) is 2.60. The molecule has 1 aliphatic carbocycles. The van der Waals surface area contributed by atoms with Crippen LogP contribution in [0.25, 0.3) is 0 Å². The lowest BCUT2D eigenvalue weighted by molar-refractivity contribution is -0.189. The van der Waals surface area contributed by atoms with Crippen molar-refractivity contribution in [1.29, 1.82) is 0 Å². The molecule has 0 aromatic carbocycles. The van der Waals surface area contributed by atoms with Crippen LogP contribution in [0.3, 0.4) is 0 Å². The van der Waals surface area contributed by atoms with E-state index in [1.807, 2.05) is 0 Å². The predicted octanol–water partition coefficient (Wildman–Crippen LogP) is 1.38. The molecule has 1 saturated carbocycles. The first-order valence-electron chi connectivity index (χ1n) is 4.35. The molecule has 0 bridgehead atoms. The Bertz CT molecular complexity index is 229. The lowest BCUT2D eigenvalue weighted by Crippen LogP contribution is -2.41. The minimum atomic E-state index is -4.33. The molecule has 0 radical (unpaired) electrons. The van der Waals surface area contributed by atoms with Crippen molar-refractivity contribution in [2.24, 2.45) is 17.6 Å². The third-order valence-corrected chi connectivity index (χ3v) is 2.56. The number of rotatable bonds is 1. The van der Waals surface area contributed by atoms with Crippen LogP contribution in [0.1, 0.15) is 19.3 Å². The fourth-order valence-corrected chi connectivity index (χ4v) is 1.83. The number of carboxylic acid groups (broad SMARTS) is 1. The van der Waals surface area contributed by atoms with Crippen LogP contribution < -0.4 is 5.73 Å². The molecule has 0 aromatic rings. The van der Waals surface area contributed by atoms with E-state index in [1.165, 1.54) is 0 Å². The van der Waals surface area contributed by atoms with Crippen LogP contribution >= 0.6 is 0 Å². The number of halogens is 3. The zero-order chi connectivity index (χ0) is 10.9. The van der Waals surface area contributed by atoms with Crippen LogP contribution in [0.4, 0.5) is 13.2 Å². The maximum absolute atomic E-state index is 12.3. The second-order valence-electron chi connectivity index (χ2n) is 3.74. The number of alkyl halides is 3. The van der Waals surface area contributed by atoms with Crippen molar-refractivity contribution < 1.29 is 23.1 Å². The first-order valence-corrected chi connectivity index (χ1v) is 4.35. The molecule has 1 rings (SSSR count). The molecule has 1 fully saturated rings. The lowest BCUT2D eigenvalue weighted by Gasteiger charge is -2.32. The van der Waals surface area contributed by atoms with Gasteiger partial charge in [-0.1, -0.05) is 0 Å². The maximum Gasteiger partial charge on any atom is 0.391 e. The molecule has 3 atom stereocenters. The minimum absolute atomic E-state index is 0.141. The van der Waals surface area contributed by atoms with Crippen molar-refractivity contribution >= 4 is 5.97 Å². The summed E-state index contributed by atoms with van der Waals surface area (Å²) in [5.74, 6) is -3.70. The summed E-state index contributed by atoms with van der Waals surface area (Å²) in [6, 6.07) is -0.656. The lowest BCUT2D eigenvalue weighted by atomic mass is 9.78. The van der Waals surface area contributed by atoms with Gasteiger partial charge in [0.2, 0.25) is 0 Å². The summed E-state index contributed by atoms with van der Waals surface area (Å²) in [5, 5.41) is 8.62. The Kier molecular flexibility index (Phi) is 3.04. The SMILES string of the molecule is NC1CC(C(=O)O)CC(C(F)(F)F)C1. The van der Waals surface area contributed by atoms with Crippen molar-refractivity contribution in [3.05, 3.63) is 0 Å². The molecule has 6 heteroatoms. The van der Waals surface area contributed by atoms with Gasteiger partial charge >= 0.3 is 12.1 Å². The second kappa shape index (κ2) is 3.76. The summed E-state index contributed by atoms with van der Waals surface area (Å²) < 4.78 is 36.9. The average molecular weight is 211 g/mol. The minimum Gasteiger partial charge on any atom is -0.481 e. The van der Waals surface area contributed by atoms with Crippen LogP contribution in [-0.2, 0) is 4.79 Å². The van der Waals surface area contributed by atoms with Gasteiger partial charge in [-0.05, 0) is 19.3 Å². The fourth-order valence-electron chi connectivity index (χ4n) is 1.83. The summed E-state index contributed by atoms with van der Waals surface area (Å²) in [7, 11) is 0. The van der Waals surface area contributed by atoms with Gasteiger partial charge in [0.15, 0.2) is 0 Å². The van der Waals surface area contributed by atoms with E-state index in [0.717, 1.165) is 0 Å². The van der Waals surface area contributed by atoms with E-state index >= 15 is 0 Å². The summed E-state index contributed by atoms with van der Waals surface area (Å²) in [5.41, 5.74) is 5.39. The number of carboxylic acids is 1. The van der Waals surface area contributed by atoms with Gasteiger partial charge in [-0.3, -0.25) is 4.79 Å². The Hall–Kier alpha value is -0.780. The first-order chi connectivity index (χ1) is 6.30. The molecule has 82 valence electrons. The van der Waals surface area contributed by atoms with Crippen molar-refractivity contribution in [1.82, 2.24) is 0 Å². The molecule has 0 heterocycles. The molecule has 0 amide bonds. The van der Waals surface area contributed by atoms with E-state index in [2.05, 4.69) is 0 Å². The maximum atomic E-state index is 12.3. The highest BCUT2D eigenvalue weighted by molar-refractivity contribution is 5.70. The molecule has 3 nitrogen and oxygen atoms in total. The highest BCUT2D eigenvalue weighted by Crippen LogP contribution is 2.39. The molecule has 0 saturated heterocycles. The quantitative estimate of drug-likeness (QED) is 0.688. The standard InChI is InChI=1S/C8H12F3NO2/c9-8(10,11)5-1-4(7(13)14)2-6(12)3-5/h4-6H,1-3,12H2,(H,13,14). The molecular formula is C8H12F3NO2. The van der Waals surface area contributed by atoms with Gasteiger partial charge in [0.05, 0.1) is 11.8 Å². The van der Waals surface area contributed by atoms with Gasteiger partial charge in [0.1, 0.15) is 0 Å². The molecule has 0 aliphatic heterocycles. The van der Waals surface area contributed by atoms with E-state index < -0.39 is 30.0 Å². The normalized spacial score (nSPS) is 34.1. The highest BCUT2D eigenvalue weighted by atomic mass is 19.4. The van der Waals surface area contributed by atoms with Gasteiger partial charge in [-0.15, -0.1) is 0 Å². The van der Waals surface area contributed by atoms with E-state index in [0.29, 0.717) is 0 Å². The van der Waals surface area contributed by atoms with Crippen LogP contribution in [0.15, 0.2) is 0 Å². The largest absolute Gasteiger partial charge is 0.481 e. The Labute approximate surface area is 79.1 Å². The van der Waals surface area contributed by atoms with Crippen LogP contribution in [-0.4, -0.2) is 23.3 Å². The van der Waals surface area contributed by atoms with Gasteiger partial charge < -0.3 is 10.8 Å². The van der Waals surface area contributed by atoms with Crippen LogP contribution in [0.5, 0.6) is 0 Å². The Morgan fingerprint density at radius 3 is 2.29 bits per heavy atom. The molecule has 0 spiro atoms. The molecule has 14 heavy (non-hydrogen) atoms. The summed E-state index contributed by atoms with van der Waals surface area (Å²) in [6.45, 7) is 0. The Morgan fingerprint density at radius 2 is 1.86 bits per heavy atom. The second-order valence-corrected chi connectivity index (χ2v) is 3.74. The van der Waals surface area contributed by atoms with Gasteiger partial charge in [0, 0.05) is 6.04 Å². The average Bonchev–Trinajstić information content (AvgIpc) is 2.01. The zero-order valence-electron chi connectivity index (χ0n) is 7.42. The first kappa shape index (κ1) is 11.3. The molecule has 3 unspecified atom stereocenters. The highest BCUT2D eigenvalue weighted by Gasteiger charge is 2.45. The van der Waals surface area contributed by atoms with Crippen molar-refractivity contribution in [2.75, 3.05) is 0 Å². The van der Waals surface area contributed by atoms with Crippen LogP contribution in [0, 0.1) is 11.8 Å². The number of nitrogens with two attached hydrogens (primary N) is 1. The van der Waals surface area contributed by atoms with Crippen LogP contribution in [0.2, 0.25) is 0 Å². The number of aliphatic carboxylic acids is 1. The van der Waals surface area contributed by atoms with E-state index in [1.54, 1.807) is 0 Å². The summed E-state index contributed by atoms with van der Waals surface area (Å²) in [4.78, 5) is 10.5. The smallest absolute Gasteiger partial charge is 0.391 e. The van der Waals surface area contributed by atoms with E-state index in [9.17, 15) is 18.0 Å². The van der Waals surface area contributed by atoms with Crippen molar-refractivity contribution in [3.63, 3.8) is 0 Å². The summed E-state index contributed by atoms with van der Waals surface area (Å²) in [6.07, 6.45) is -4.69. The van der Waals surface area contributed by atoms with Gasteiger partial charge in [-0.25, -0.2) is 0 Å². The molecule has 3 N–H and O–H groups in total. The molecular weight excluding hydrogens is 199 g/mol. The molecule has 1 aliphatic rings. The summed E-state index contributed by atoms with van der Waals surface area (Å²) >= 11 is 0. The Morgan fingerprint density at radius 1 is 1.29 bits per heavy atom. The van der Waals surface area contributed by atoms with E-state index in [-0.39, 0.29) is 19.3 Å². The van der Waals surface area contributed by atoms with Crippen molar-refractivity contribution in [2.45, 2.75) is 31.5 Å².